The van der Waals surface area contributed by atoms with Crippen LogP contribution in [-0.2, 0) is 0 Å². The molecule has 1 N–H and O–H groups in total. The first-order valence-corrected chi connectivity index (χ1v) is 11.3. The van der Waals surface area contributed by atoms with Crippen molar-refractivity contribution in [3.05, 3.63) is 71.9 Å². The Morgan fingerprint density at radius 3 is 2.67 bits per heavy atom. The number of aromatic nitrogens is 4. The van der Waals surface area contributed by atoms with Crippen LogP contribution >= 0.6 is 0 Å². The molecule has 0 radical (unpaired) electrons. The minimum atomic E-state index is -0.148. The van der Waals surface area contributed by atoms with E-state index in [-0.39, 0.29) is 5.78 Å². The van der Waals surface area contributed by atoms with Gasteiger partial charge in [-0.2, -0.15) is 0 Å². The summed E-state index contributed by atoms with van der Waals surface area (Å²) in [5.74, 6) is 0.193. The first kappa shape index (κ1) is 21.3. The maximum atomic E-state index is 13.2. The van der Waals surface area contributed by atoms with Crippen molar-refractivity contribution in [3.8, 4) is 11.3 Å². The van der Waals surface area contributed by atoms with E-state index >= 15 is 0 Å². The minimum Gasteiger partial charge on any atom is -0.371 e. The molecule has 0 unspecified atom stereocenters. The highest BCUT2D eigenvalue weighted by Crippen LogP contribution is 2.26. The van der Waals surface area contributed by atoms with Crippen LogP contribution in [0.1, 0.15) is 34.6 Å². The van der Waals surface area contributed by atoms with E-state index in [1.807, 2.05) is 19.1 Å². The Kier molecular flexibility index (Phi) is 5.64. The lowest BCUT2D eigenvalue weighted by Crippen LogP contribution is -2.41. The summed E-state index contributed by atoms with van der Waals surface area (Å²) in [4.78, 5) is 34.4. The predicted octanol–water partition coefficient (Wildman–Crippen LogP) is 4.09. The molecular weight excluding hydrogens is 412 g/mol. The second-order valence-electron chi connectivity index (χ2n) is 8.92. The Morgan fingerprint density at radius 2 is 1.91 bits per heavy atom. The normalized spacial score (nSPS) is 14.8. The number of hydrogen-bond acceptors (Lipinski definition) is 6. The summed E-state index contributed by atoms with van der Waals surface area (Å²) in [5, 5.41) is 0. The van der Waals surface area contributed by atoms with Crippen molar-refractivity contribution in [1.29, 1.82) is 0 Å². The number of benzene rings is 1. The van der Waals surface area contributed by atoms with Crippen LogP contribution in [0.2, 0.25) is 0 Å². The van der Waals surface area contributed by atoms with E-state index in [4.69, 9.17) is 0 Å². The summed E-state index contributed by atoms with van der Waals surface area (Å²) >= 11 is 0. The monoisotopic (exact) mass is 440 g/mol. The largest absolute Gasteiger partial charge is 0.371 e. The van der Waals surface area contributed by atoms with Crippen LogP contribution in [-0.4, -0.2) is 63.8 Å². The molecule has 1 fully saturated rings. The highest BCUT2D eigenvalue weighted by atomic mass is 16.1. The molecular formula is C26H28N6O. The number of carbonyl (C=O) groups excluding carboxylic acids is 1. The molecule has 5 rings (SSSR count). The summed E-state index contributed by atoms with van der Waals surface area (Å²) < 4.78 is 0. The average molecular weight is 441 g/mol. The van der Waals surface area contributed by atoms with Gasteiger partial charge in [0, 0.05) is 54.5 Å². The lowest BCUT2D eigenvalue weighted by Gasteiger charge is -2.36. The predicted molar refractivity (Wildman–Crippen MR) is 131 cm³/mol. The molecule has 0 atom stereocenters. The van der Waals surface area contributed by atoms with Gasteiger partial charge in [0.05, 0.1) is 16.7 Å². The van der Waals surface area contributed by atoms with Gasteiger partial charge in [-0.15, -0.1) is 0 Å². The maximum absolute atomic E-state index is 13.2. The summed E-state index contributed by atoms with van der Waals surface area (Å²) in [6.45, 7) is 4.07. The molecule has 0 bridgehead atoms. The van der Waals surface area contributed by atoms with Crippen molar-refractivity contribution in [3.63, 3.8) is 0 Å². The van der Waals surface area contributed by atoms with Crippen LogP contribution in [0.15, 0.2) is 55.0 Å². The number of hydrogen-bond donors (Lipinski definition) is 1. The van der Waals surface area contributed by atoms with E-state index in [0.717, 1.165) is 53.8 Å². The van der Waals surface area contributed by atoms with Crippen molar-refractivity contribution < 1.29 is 4.79 Å². The lowest BCUT2D eigenvalue weighted by molar-refractivity contribution is 0.103. The molecule has 4 aromatic rings. The molecule has 7 nitrogen and oxygen atoms in total. The number of piperidine rings is 1. The minimum absolute atomic E-state index is 0.148. The highest BCUT2D eigenvalue weighted by Gasteiger charge is 2.22. The number of nitrogens with one attached hydrogen (secondary N) is 1. The molecule has 1 aliphatic heterocycles. The number of aryl methyl sites for hydroxylation is 1. The zero-order valence-corrected chi connectivity index (χ0v) is 19.2. The molecule has 33 heavy (non-hydrogen) atoms. The van der Waals surface area contributed by atoms with E-state index in [1.165, 1.54) is 5.69 Å². The number of imidazole rings is 1. The van der Waals surface area contributed by atoms with Crippen LogP contribution in [0.5, 0.6) is 0 Å². The lowest BCUT2D eigenvalue weighted by atomic mass is 10.0. The molecule has 0 aliphatic carbocycles. The Bertz CT molecular complexity index is 1300. The number of anilines is 1. The van der Waals surface area contributed by atoms with E-state index in [9.17, 15) is 4.79 Å². The van der Waals surface area contributed by atoms with Gasteiger partial charge >= 0.3 is 0 Å². The SMILES string of the molecule is Cc1ccncc1-c1cc(C(=O)c2nc3ccc(N4CCC(N(C)C)CC4)cc3[nH]2)ccn1. The zero-order valence-electron chi connectivity index (χ0n) is 19.2. The number of nitrogens with zero attached hydrogens (tertiary/aromatic N) is 5. The summed E-state index contributed by atoms with van der Waals surface area (Å²) in [6.07, 6.45) is 7.49. The molecule has 1 aliphatic rings. The summed E-state index contributed by atoms with van der Waals surface area (Å²) in [5.41, 5.74) is 6.10. The van der Waals surface area contributed by atoms with Crippen LogP contribution in [0, 0.1) is 6.92 Å². The maximum Gasteiger partial charge on any atom is 0.228 e. The van der Waals surface area contributed by atoms with Crippen molar-refractivity contribution in [1.82, 2.24) is 24.8 Å². The fraction of sp³-hybridized carbons (Fsp3) is 0.308. The second kappa shape index (κ2) is 8.75. The molecule has 4 heterocycles. The number of aromatic amines is 1. The molecule has 0 saturated carbocycles. The molecule has 1 saturated heterocycles. The third-order valence-electron chi connectivity index (χ3n) is 6.58. The van der Waals surface area contributed by atoms with Gasteiger partial charge in [0.1, 0.15) is 0 Å². The highest BCUT2D eigenvalue weighted by molar-refractivity contribution is 6.08. The summed E-state index contributed by atoms with van der Waals surface area (Å²) in [6, 6.07) is 12.3. The van der Waals surface area contributed by atoms with Gasteiger partial charge in [0.2, 0.25) is 5.78 Å². The molecule has 1 aromatic carbocycles. The van der Waals surface area contributed by atoms with Gasteiger partial charge in [0.15, 0.2) is 5.82 Å². The summed E-state index contributed by atoms with van der Waals surface area (Å²) in [7, 11) is 4.30. The van der Waals surface area contributed by atoms with Crippen LogP contribution in [0.4, 0.5) is 5.69 Å². The first-order chi connectivity index (χ1) is 16.0. The van der Waals surface area contributed by atoms with Crippen LogP contribution in [0.3, 0.4) is 0 Å². The Balaban J connectivity index is 1.39. The van der Waals surface area contributed by atoms with Gasteiger partial charge in [0.25, 0.3) is 0 Å². The number of pyridine rings is 2. The average Bonchev–Trinajstić information content (AvgIpc) is 3.27. The van der Waals surface area contributed by atoms with Crippen molar-refractivity contribution in [2.75, 3.05) is 32.1 Å². The molecule has 0 spiro atoms. The fourth-order valence-electron chi connectivity index (χ4n) is 4.53. The van der Waals surface area contributed by atoms with Crippen LogP contribution in [0.25, 0.3) is 22.3 Å². The number of fused-ring (bicyclic) bond motifs is 1. The number of rotatable bonds is 5. The number of H-pyrrole nitrogens is 1. The Hall–Kier alpha value is -3.58. The van der Waals surface area contributed by atoms with Crippen molar-refractivity contribution in [2.24, 2.45) is 0 Å². The van der Waals surface area contributed by atoms with Gasteiger partial charge in [-0.3, -0.25) is 14.8 Å². The Labute approximate surface area is 193 Å². The third kappa shape index (κ3) is 4.24. The third-order valence-corrected chi connectivity index (χ3v) is 6.58. The topological polar surface area (TPSA) is 78.0 Å². The van der Waals surface area contributed by atoms with Crippen molar-refractivity contribution in [2.45, 2.75) is 25.8 Å². The fourth-order valence-corrected chi connectivity index (χ4v) is 4.53. The molecule has 3 aromatic heterocycles. The number of carbonyl (C=O) groups is 1. The van der Waals surface area contributed by atoms with E-state index < -0.39 is 0 Å². The second-order valence-corrected chi connectivity index (χ2v) is 8.92. The van der Waals surface area contributed by atoms with E-state index in [1.54, 1.807) is 30.7 Å². The molecule has 168 valence electrons. The van der Waals surface area contributed by atoms with Gasteiger partial charge in [-0.1, -0.05) is 0 Å². The Morgan fingerprint density at radius 1 is 1.09 bits per heavy atom. The van der Waals surface area contributed by atoms with E-state index in [0.29, 0.717) is 17.4 Å². The molecule has 0 amide bonds. The van der Waals surface area contributed by atoms with Gasteiger partial charge in [-0.05, 0) is 75.8 Å². The van der Waals surface area contributed by atoms with E-state index in [2.05, 4.69) is 56.0 Å². The zero-order chi connectivity index (χ0) is 22.9. The standard InChI is InChI=1S/C26H28N6O/c1-17-6-10-27-16-21(17)23-14-18(7-11-28-23)25(33)26-29-22-5-4-20(15-24(22)30-26)32-12-8-19(9-13-32)31(2)3/h4-7,10-11,14-16,19H,8-9,12-13H2,1-3H3,(H,29,30). The first-order valence-electron chi connectivity index (χ1n) is 11.3. The number of ketones is 1. The van der Waals surface area contributed by atoms with Gasteiger partial charge in [-0.25, -0.2) is 4.98 Å². The van der Waals surface area contributed by atoms with Gasteiger partial charge < -0.3 is 14.8 Å². The van der Waals surface area contributed by atoms with Crippen molar-refractivity contribution >= 4 is 22.5 Å². The van der Waals surface area contributed by atoms with Crippen LogP contribution < -0.4 is 4.90 Å². The molecule has 7 heteroatoms. The smallest absolute Gasteiger partial charge is 0.228 e. The quantitative estimate of drug-likeness (QED) is 0.471.